The molecule has 1 aliphatic rings. The lowest BCUT2D eigenvalue weighted by Crippen LogP contribution is -2.37. The van der Waals surface area contributed by atoms with Gasteiger partial charge in [0, 0.05) is 18.6 Å². The Morgan fingerprint density at radius 1 is 1.31 bits per heavy atom. The van der Waals surface area contributed by atoms with E-state index in [1.54, 1.807) is 29.6 Å². The third-order valence-corrected chi connectivity index (χ3v) is 5.07. The first-order valence-corrected chi connectivity index (χ1v) is 9.71. The molecule has 1 atom stereocenters. The Labute approximate surface area is 169 Å². The van der Waals surface area contributed by atoms with Crippen LogP contribution in [0.15, 0.2) is 10.9 Å². The Morgan fingerprint density at radius 2 is 2.00 bits per heavy atom. The highest BCUT2D eigenvalue weighted by Gasteiger charge is 2.37. The number of esters is 1. The van der Waals surface area contributed by atoms with Gasteiger partial charge in [-0.3, -0.25) is 14.4 Å². The van der Waals surface area contributed by atoms with Gasteiger partial charge in [0.05, 0.1) is 37.1 Å². The lowest BCUT2D eigenvalue weighted by atomic mass is 9.93. The molecule has 0 bridgehead atoms. The summed E-state index contributed by atoms with van der Waals surface area (Å²) in [6.45, 7) is 10.1. The summed E-state index contributed by atoms with van der Waals surface area (Å²) in [5, 5.41) is 4.48. The van der Waals surface area contributed by atoms with E-state index in [0.29, 0.717) is 23.5 Å². The van der Waals surface area contributed by atoms with E-state index in [0.717, 1.165) is 0 Å². The maximum atomic E-state index is 13.2. The van der Waals surface area contributed by atoms with Crippen molar-refractivity contribution in [2.45, 2.75) is 59.2 Å². The largest absolute Gasteiger partial charge is 0.465 e. The van der Waals surface area contributed by atoms with Crippen LogP contribution in [-0.2, 0) is 32.8 Å². The average molecular weight is 404 g/mol. The molecule has 0 radical (unpaired) electrons. The van der Waals surface area contributed by atoms with Gasteiger partial charge in [-0.05, 0) is 13.8 Å². The molecule has 0 N–H and O–H groups in total. The van der Waals surface area contributed by atoms with Gasteiger partial charge in [-0.25, -0.2) is 0 Å². The standard InChI is InChI=1S/C20H28N4O5/c1-7-29-16(25)10-23-15-8-14(20(3,4)5)21-24(15)18(26)13-9-22(12(2)11-28-6)19(27)17(13)23/h8,12H,7,9-11H2,1-6H3/t12-/m0/s1. The Kier molecular flexibility index (Phi) is 5.53. The number of carbonyl (C=O) groups is 2. The fourth-order valence-electron chi connectivity index (χ4n) is 3.53. The van der Waals surface area contributed by atoms with Gasteiger partial charge in [0.1, 0.15) is 17.9 Å². The van der Waals surface area contributed by atoms with Crippen LogP contribution in [0.25, 0.3) is 5.65 Å². The smallest absolute Gasteiger partial charge is 0.326 e. The van der Waals surface area contributed by atoms with E-state index in [9.17, 15) is 14.4 Å². The third kappa shape index (κ3) is 3.66. The van der Waals surface area contributed by atoms with E-state index < -0.39 is 5.97 Å². The second-order valence-electron chi connectivity index (χ2n) is 8.31. The number of amides is 1. The summed E-state index contributed by atoms with van der Waals surface area (Å²) < 4.78 is 13.1. The maximum Gasteiger partial charge on any atom is 0.326 e. The number of fused-ring (bicyclic) bond motifs is 2. The summed E-state index contributed by atoms with van der Waals surface area (Å²) in [5.41, 5.74) is 1.02. The van der Waals surface area contributed by atoms with Gasteiger partial charge < -0.3 is 18.9 Å². The summed E-state index contributed by atoms with van der Waals surface area (Å²) >= 11 is 0. The molecule has 9 nitrogen and oxygen atoms in total. The monoisotopic (exact) mass is 404 g/mol. The molecule has 9 heteroatoms. The third-order valence-electron chi connectivity index (χ3n) is 5.07. The molecule has 0 aromatic carbocycles. The maximum absolute atomic E-state index is 13.2. The van der Waals surface area contributed by atoms with E-state index in [1.165, 1.54) is 4.52 Å². The average Bonchev–Trinajstić information content (AvgIpc) is 3.22. The van der Waals surface area contributed by atoms with Crippen molar-refractivity contribution in [3.63, 3.8) is 0 Å². The van der Waals surface area contributed by atoms with Crippen LogP contribution in [0.2, 0.25) is 0 Å². The molecule has 2 aromatic rings. The molecule has 29 heavy (non-hydrogen) atoms. The summed E-state index contributed by atoms with van der Waals surface area (Å²) in [5.74, 6) is -0.776. The number of carbonyl (C=O) groups excluding carboxylic acids is 2. The van der Waals surface area contributed by atoms with Crippen molar-refractivity contribution in [1.82, 2.24) is 19.1 Å². The van der Waals surface area contributed by atoms with Crippen molar-refractivity contribution < 1.29 is 19.1 Å². The van der Waals surface area contributed by atoms with Gasteiger partial charge in [0.15, 0.2) is 0 Å². The van der Waals surface area contributed by atoms with Crippen LogP contribution in [0.3, 0.4) is 0 Å². The second kappa shape index (κ2) is 7.62. The first-order chi connectivity index (χ1) is 13.6. The van der Waals surface area contributed by atoms with Crippen molar-refractivity contribution >= 4 is 17.5 Å². The molecule has 0 aliphatic carbocycles. The molecule has 0 saturated heterocycles. The van der Waals surface area contributed by atoms with Gasteiger partial charge in [-0.15, -0.1) is 0 Å². The van der Waals surface area contributed by atoms with E-state index in [4.69, 9.17) is 9.47 Å². The number of rotatable bonds is 6. The van der Waals surface area contributed by atoms with Crippen LogP contribution in [0.1, 0.15) is 56.4 Å². The number of ether oxygens (including phenoxy) is 2. The molecule has 3 rings (SSSR count). The number of hydrogen-bond donors (Lipinski definition) is 0. The first kappa shape index (κ1) is 21.0. The van der Waals surface area contributed by atoms with Crippen LogP contribution >= 0.6 is 0 Å². The van der Waals surface area contributed by atoms with E-state index in [-0.39, 0.29) is 48.3 Å². The number of hydrogen-bond acceptors (Lipinski definition) is 6. The molecule has 3 heterocycles. The minimum Gasteiger partial charge on any atom is -0.465 e. The molecule has 158 valence electrons. The highest BCUT2D eigenvalue weighted by molar-refractivity contribution is 5.98. The molecular weight excluding hydrogens is 376 g/mol. The summed E-state index contributed by atoms with van der Waals surface area (Å²) in [6.07, 6.45) is 0. The zero-order valence-electron chi connectivity index (χ0n) is 17.8. The minimum absolute atomic E-state index is 0.154. The van der Waals surface area contributed by atoms with Gasteiger partial charge in [-0.2, -0.15) is 9.61 Å². The van der Waals surface area contributed by atoms with Crippen molar-refractivity contribution in [2.75, 3.05) is 20.3 Å². The zero-order chi connectivity index (χ0) is 21.5. The quantitative estimate of drug-likeness (QED) is 0.675. The normalized spacial score (nSPS) is 15.1. The fraction of sp³-hybridized carbons (Fsp3) is 0.600. The Bertz CT molecular complexity index is 1010. The zero-order valence-corrected chi connectivity index (χ0v) is 17.8. The summed E-state index contributed by atoms with van der Waals surface area (Å²) in [7, 11) is 1.56. The molecule has 1 amide bonds. The van der Waals surface area contributed by atoms with Crippen LogP contribution in [-0.4, -0.2) is 57.3 Å². The second-order valence-corrected chi connectivity index (χ2v) is 8.31. The highest BCUT2D eigenvalue weighted by atomic mass is 16.5. The molecule has 2 aromatic heterocycles. The summed E-state index contributed by atoms with van der Waals surface area (Å²) in [4.78, 5) is 40.2. The van der Waals surface area contributed by atoms with Crippen molar-refractivity contribution in [3.05, 3.63) is 33.4 Å². The molecule has 1 aliphatic heterocycles. The lowest BCUT2D eigenvalue weighted by Gasteiger charge is -2.23. The minimum atomic E-state index is -0.477. The molecule has 0 spiro atoms. The van der Waals surface area contributed by atoms with E-state index in [2.05, 4.69) is 5.10 Å². The van der Waals surface area contributed by atoms with Crippen molar-refractivity contribution in [2.24, 2.45) is 0 Å². The lowest BCUT2D eigenvalue weighted by molar-refractivity contribution is -0.143. The Balaban J connectivity index is 2.23. The number of nitrogens with zero attached hydrogens (tertiary/aromatic N) is 4. The van der Waals surface area contributed by atoms with E-state index in [1.807, 2.05) is 27.7 Å². The van der Waals surface area contributed by atoms with Crippen LogP contribution in [0.5, 0.6) is 0 Å². The molecule has 0 unspecified atom stereocenters. The predicted molar refractivity (Wildman–Crippen MR) is 106 cm³/mol. The van der Waals surface area contributed by atoms with Crippen molar-refractivity contribution in [3.8, 4) is 0 Å². The predicted octanol–water partition coefficient (Wildman–Crippen LogP) is 1.35. The van der Waals surface area contributed by atoms with Crippen LogP contribution in [0, 0.1) is 0 Å². The molecule has 0 fully saturated rings. The SMILES string of the molecule is CCOC(=O)Cn1c2c(c(=O)n3nc(C(C)(C)C)cc13)CN([C@@H](C)COC)C2=O. The highest BCUT2D eigenvalue weighted by Crippen LogP contribution is 2.27. The fourth-order valence-corrected chi connectivity index (χ4v) is 3.53. The Morgan fingerprint density at radius 3 is 2.59 bits per heavy atom. The molecule has 0 saturated carbocycles. The van der Waals surface area contributed by atoms with Crippen LogP contribution < -0.4 is 5.56 Å². The Hall–Kier alpha value is -2.68. The number of methoxy groups -OCH3 is 1. The van der Waals surface area contributed by atoms with Crippen LogP contribution in [0.4, 0.5) is 0 Å². The van der Waals surface area contributed by atoms with Gasteiger partial charge in [0.25, 0.3) is 11.5 Å². The number of aromatic nitrogens is 3. The summed E-state index contributed by atoms with van der Waals surface area (Å²) in [6, 6.07) is 1.54. The van der Waals surface area contributed by atoms with Gasteiger partial charge in [0.2, 0.25) is 0 Å². The molecular formula is C20H28N4O5. The van der Waals surface area contributed by atoms with Crippen molar-refractivity contribution in [1.29, 1.82) is 0 Å². The van der Waals surface area contributed by atoms with Gasteiger partial charge >= 0.3 is 5.97 Å². The van der Waals surface area contributed by atoms with Gasteiger partial charge in [-0.1, -0.05) is 20.8 Å². The topological polar surface area (TPSA) is 95.1 Å². The first-order valence-electron chi connectivity index (χ1n) is 9.71. The van der Waals surface area contributed by atoms with E-state index >= 15 is 0 Å².